The second kappa shape index (κ2) is 6.23. The van der Waals surface area contributed by atoms with Crippen LogP contribution in [0.4, 0.5) is 0 Å². The Morgan fingerprint density at radius 1 is 1.20 bits per heavy atom. The molecule has 2 rings (SSSR count). The predicted molar refractivity (Wildman–Crippen MR) is 79.6 cm³/mol. The summed E-state index contributed by atoms with van der Waals surface area (Å²) in [6, 6.07) is 15.4. The molecule has 0 amide bonds. The SMILES string of the molecule is CC[C@H](N)c1ccc(Oc2cc(C#N)ccc2C)cc1. The van der Waals surface area contributed by atoms with Crippen molar-refractivity contribution >= 4 is 0 Å². The van der Waals surface area contributed by atoms with Crippen LogP contribution in [0.5, 0.6) is 11.5 Å². The van der Waals surface area contributed by atoms with Gasteiger partial charge in [0.15, 0.2) is 0 Å². The van der Waals surface area contributed by atoms with Gasteiger partial charge in [-0.05, 0) is 48.7 Å². The van der Waals surface area contributed by atoms with Gasteiger partial charge in [-0.25, -0.2) is 0 Å². The van der Waals surface area contributed by atoms with Crippen molar-refractivity contribution in [3.05, 3.63) is 59.2 Å². The first-order chi connectivity index (χ1) is 9.63. The lowest BCUT2D eigenvalue weighted by Gasteiger charge is -2.12. The monoisotopic (exact) mass is 266 g/mol. The number of aryl methyl sites for hydroxylation is 1. The minimum atomic E-state index is 0.0627. The van der Waals surface area contributed by atoms with Crippen LogP contribution in [0.1, 0.15) is 36.1 Å². The predicted octanol–water partition coefficient (Wildman–Crippen LogP) is 4.07. The maximum Gasteiger partial charge on any atom is 0.131 e. The summed E-state index contributed by atoms with van der Waals surface area (Å²) in [7, 11) is 0. The van der Waals surface area contributed by atoms with E-state index in [0.29, 0.717) is 11.3 Å². The summed E-state index contributed by atoms with van der Waals surface area (Å²) in [5.41, 5.74) is 8.67. The molecule has 0 saturated heterocycles. The Morgan fingerprint density at radius 3 is 2.50 bits per heavy atom. The van der Waals surface area contributed by atoms with Crippen molar-refractivity contribution in [2.75, 3.05) is 0 Å². The molecule has 1 atom stereocenters. The van der Waals surface area contributed by atoms with Crippen LogP contribution in [-0.2, 0) is 0 Å². The average Bonchev–Trinajstić information content (AvgIpc) is 2.49. The van der Waals surface area contributed by atoms with Crippen LogP contribution in [0.15, 0.2) is 42.5 Å². The van der Waals surface area contributed by atoms with Crippen molar-refractivity contribution < 1.29 is 4.74 Å². The van der Waals surface area contributed by atoms with Gasteiger partial charge in [0.2, 0.25) is 0 Å². The summed E-state index contributed by atoms with van der Waals surface area (Å²) in [6.45, 7) is 4.02. The zero-order valence-electron chi connectivity index (χ0n) is 11.8. The summed E-state index contributed by atoms with van der Waals surface area (Å²) in [5, 5.41) is 8.92. The topological polar surface area (TPSA) is 59.0 Å². The van der Waals surface area contributed by atoms with Crippen LogP contribution in [0.3, 0.4) is 0 Å². The number of rotatable bonds is 4. The maximum absolute atomic E-state index is 8.92. The smallest absolute Gasteiger partial charge is 0.131 e. The molecule has 2 aromatic carbocycles. The Labute approximate surface area is 119 Å². The first-order valence-corrected chi connectivity index (χ1v) is 6.68. The third-order valence-electron chi connectivity index (χ3n) is 3.29. The van der Waals surface area contributed by atoms with Gasteiger partial charge in [-0.2, -0.15) is 5.26 Å². The van der Waals surface area contributed by atoms with Gasteiger partial charge in [-0.15, -0.1) is 0 Å². The largest absolute Gasteiger partial charge is 0.457 e. The van der Waals surface area contributed by atoms with E-state index in [1.54, 1.807) is 12.1 Å². The molecule has 0 radical (unpaired) electrons. The molecule has 0 saturated carbocycles. The highest BCUT2D eigenvalue weighted by molar-refractivity contribution is 5.44. The van der Waals surface area contributed by atoms with Crippen molar-refractivity contribution in [2.24, 2.45) is 5.73 Å². The van der Waals surface area contributed by atoms with Crippen molar-refractivity contribution in [1.82, 2.24) is 0 Å². The summed E-state index contributed by atoms with van der Waals surface area (Å²) in [6.07, 6.45) is 0.906. The fourth-order valence-electron chi connectivity index (χ4n) is 1.93. The fourth-order valence-corrected chi connectivity index (χ4v) is 1.93. The van der Waals surface area contributed by atoms with Crippen LogP contribution in [0.25, 0.3) is 0 Å². The highest BCUT2D eigenvalue weighted by atomic mass is 16.5. The van der Waals surface area contributed by atoms with E-state index in [1.807, 2.05) is 37.3 Å². The fraction of sp³-hybridized carbons (Fsp3) is 0.235. The molecule has 0 unspecified atom stereocenters. The summed E-state index contributed by atoms with van der Waals surface area (Å²) in [5.74, 6) is 1.45. The first kappa shape index (κ1) is 14.1. The van der Waals surface area contributed by atoms with Gasteiger partial charge < -0.3 is 10.5 Å². The van der Waals surface area contributed by atoms with Crippen LogP contribution >= 0.6 is 0 Å². The lowest BCUT2D eigenvalue weighted by Crippen LogP contribution is -2.08. The molecule has 0 aliphatic rings. The van der Waals surface area contributed by atoms with E-state index in [4.69, 9.17) is 15.7 Å². The Morgan fingerprint density at radius 2 is 1.90 bits per heavy atom. The summed E-state index contributed by atoms with van der Waals surface area (Å²) in [4.78, 5) is 0. The maximum atomic E-state index is 8.92. The number of nitrogens with zero attached hydrogens (tertiary/aromatic N) is 1. The van der Waals surface area contributed by atoms with E-state index in [9.17, 15) is 0 Å². The van der Waals surface area contributed by atoms with Crippen LogP contribution < -0.4 is 10.5 Å². The van der Waals surface area contributed by atoms with E-state index >= 15 is 0 Å². The molecule has 20 heavy (non-hydrogen) atoms. The number of nitriles is 1. The molecule has 0 bridgehead atoms. The number of ether oxygens (including phenoxy) is 1. The number of hydrogen-bond acceptors (Lipinski definition) is 3. The highest BCUT2D eigenvalue weighted by Crippen LogP contribution is 2.27. The molecule has 3 heteroatoms. The van der Waals surface area contributed by atoms with Crippen molar-refractivity contribution in [3.8, 4) is 17.6 Å². The standard InChI is InChI=1S/C17H18N2O/c1-3-16(19)14-6-8-15(9-7-14)20-17-10-13(11-18)5-4-12(17)2/h4-10,16H,3,19H2,1-2H3/t16-/m0/s1. The van der Waals surface area contributed by atoms with Gasteiger partial charge >= 0.3 is 0 Å². The third kappa shape index (κ3) is 3.17. The molecule has 2 N–H and O–H groups in total. The molecule has 102 valence electrons. The molecule has 0 heterocycles. The van der Waals surface area contributed by atoms with Gasteiger partial charge in [0, 0.05) is 6.04 Å². The molecule has 0 spiro atoms. The van der Waals surface area contributed by atoms with E-state index in [1.165, 1.54) is 0 Å². The molecular formula is C17H18N2O. The zero-order valence-corrected chi connectivity index (χ0v) is 11.8. The Hall–Kier alpha value is -2.31. The average molecular weight is 266 g/mol. The Bertz CT molecular complexity index is 626. The number of nitrogens with two attached hydrogens (primary N) is 1. The lowest BCUT2D eigenvalue weighted by atomic mass is 10.1. The minimum Gasteiger partial charge on any atom is -0.457 e. The molecular weight excluding hydrogens is 248 g/mol. The third-order valence-corrected chi connectivity index (χ3v) is 3.29. The quantitative estimate of drug-likeness (QED) is 0.907. The van der Waals surface area contributed by atoms with E-state index in [2.05, 4.69) is 13.0 Å². The Balaban J connectivity index is 2.20. The second-order valence-corrected chi connectivity index (χ2v) is 4.78. The molecule has 3 nitrogen and oxygen atoms in total. The molecule has 0 aliphatic carbocycles. The van der Waals surface area contributed by atoms with E-state index in [-0.39, 0.29) is 6.04 Å². The minimum absolute atomic E-state index is 0.0627. The van der Waals surface area contributed by atoms with Crippen molar-refractivity contribution in [1.29, 1.82) is 5.26 Å². The van der Waals surface area contributed by atoms with Crippen molar-refractivity contribution in [3.63, 3.8) is 0 Å². The van der Waals surface area contributed by atoms with Crippen LogP contribution in [0.2, 0.25) is 0 Å². The molecule has 2 aromatic rings. The molecule has 0 aromatic heterocycles. The first-order valence-electron chi connectivity index (χ1n) is 6.68. The number of benzene rings is 2. The van der Waals surface area contributed by atoms with E-state index < -0.39 is 0 Å². The van der Waals surface area contributed by atoms with Gasteiger partial charge in [-0.3, -0.25) is 0 Å². The van der Waals surface area contributed by atoms with E-state index in [0.717, 1.165) is 23.3 Å². The van der Waals surface area contributed by atoms with Crippen LogP contribution in [-0.4, -0.2) is 0 Å². The summed E-state index contributed by atoms with van der Waals surface area (Å²) < 4.78 is 5.83. The van der Waals surface area contributed by atoms with Crippen LogP contribution in [0, 0.1) is 18.3 Å². The Kier molecular flexibility index (Phi) is 4.39. The lowest BCUT2D eigenvalue weighted by molar-refractivity contribution is 0.478. The van der Waals surface area contributed by atoms with Gasteiger partial charge in [0.1, 0.15) is 11.5 Å². The van der Waals surface area contributed by atoms with Gasteiger partial charge in [0.05, 0.1) is 11.6 Å². The molecule has 0 fully saturated rings. The zero-order chi connectivity index (χ0) is 14.5. The highest BCUT2D eigenvalue weighted by Gasteiger charge is 2.06. The normalized spacial score (nSPS) is 11.7. The second-order valence-electron chi connectivity index (χ2n) is 4.78. The number of hydrogen-bond donors (Lipinski definition) is 1. The van der Waals surface area contributed by atoms with Crippen molar-refractivity contribution in [2.45, 2.75) is 26.3 Å². The van der Waals surface area contributed by atoms with Gasteiger partial charge in [-0.1, -0.05) is 25.1 Å². The molecule has 0 aliphatic heterocycles. The van der Waals surface area contributed by atoms with Gasteiger partial charge in [0.25, 0.3) is 0 Å². The summed E-state index contributed by atoms with van der Waals surface area (Å²) >= 11 is 0.